The molecule has 0 aliphatic heterocycles. The van der Waals surface area contributed by atoms with E-state index in [2.05, 4.69) is 0 Å². The number of phenols is 2. The molecule has 0 radical (unpaired) electrons. The van der Waals surface area contributed by atoms with Gasteiger partial charge in [-0.2, -0.15) is 0 Å². The summed E-state index contributed by atoms with van der Waals surface area (Å²) < 4.78 is 21.2. The third kappa shape index (κ3) is 3.26. The van der Waals surface area contributed by atoms with Crippen molar-refractivity contribution in [3.63, 3.8) is 0 Å². The second kappa shape index (κ2) is 7.53. The maximum atomic E-state index is 10.7. The van der Waals surface area contributed by atoms with Gasteiger partial charge in [0.25, 0.3) is 0 Å². The summed E-state index contributed by atoms with van der Waals surface area (Å²) in [5.41, 5.74) is 1.60. The second-order valence-electron chi connectivity index (χ2n) is 6.00. The van der Waals surface area contributed by atoms with E-state index in [1.807, 2.05) is 12.1 Å². The number of ether oxygens (including phenoxy) is 4. The van der Waals surface area contributed by atoms with Crippen LogP contribution in [0, 0.1) is 0 Å². The van der Waals surface area contributed by atoms with Gasteiger partial charge in [-0.05, 0) is 41.5 Å². The minimum atomic E-state index is 0.00429. The molecule has 0 heterocycles. The molecule has 0 aromatic heterocycles. The van der Waals surface area contributed by atoms with Gasteiger partial charge in [-0.15, -0.1) is 0 Å². The number of rotatable bonds is 6. The highest BCUT2D eigenvalue weighted by Crippen LogP contribution is 2.42. The number of hydrogen-bond donors (Lipinski definition) is 2. The van der Waals surface area contributed by atoms with Crippen molar-refractivity contribution in [3.8, 4) is 34.5 Å². The van der Waals surface area contributed by atoms with E-state index in [1.54, 1.807) is 45.6 Å². The molecule has 0 atom stereocenters. The van der Waals surface area contributed by atoms with Gasteiger partial charge in [0.1, 0.15) is 5.75 Å². The van der Waals surface area contributed by atoms with Crippen molar-refractivity contribution in [1.29, 1.82) is 0 Å². The van der Waals surface area contributed by atoms with Crippen LogP contribution in [0.3, 0.4) is 0 Å². The van der Waals surface area contributed by atoms with Gasteiger partial charge in [0.15, 0.2) is 23.0 Å². The van der Waals surface area contributed by atoms with Crippen LogP contribution in [0.2, 0.25) is 0 Å². The van der Waals surface area contributed by atoms with E-state index in [0.717, 1.165) is 5.56 Å². The summed E-state index contributed by atoms with van der Waals surface area (Å²) in [6.07, 6.45) is 0.450. The van der Waals surface area contributed by atoms with Gasteiger partial charge in [0.05, 0.1) is 28.4 Å². The summed E-state index contributed by atoms with van der Waals surface area (Å²) in [6.45, 7) is 0. The van der Waals surface area contributed by atoms with Gasteiger partial charge < -0.3 is 29.2 Å². The molecule has 0 unspecified atom stereocenters. The van der Waals surface area contributed by atoms with E-state index in [4.69, 9.17) is 18.9 Å². The summed E-state index contributed by atoms with van der Waals surface area (Å²) in [5, 5.41) is 22.1. The van der Waals surface area contributed by atoms with E-state index >= 15 is 0 Å². The summed E-state index contributed by atoms with van der Waals surface area (Å²) in [6, 6.07) is 10.6. The van der Waals surface area contributed by atoms with Crippen molar-refractivity contribution >= 4 is 10.8 Å². The predicted molar refractivity (Wildman–Crippen MR) is 103 cm³/mol. The van der Waals surface area contributed by atoms with Crippen molar-refractivity contribution in [2.45, 2.75) is 6.42 Å². The molecule has 27 heavy (non-hydrogen) atoms. The Hall–Kier alpha value is -3.28. The van der Waals surface area contributed by atoms with Crippen LogP contribution >= 0.6 is 0 Å². The van der Waals surface area contributed by atoms with Crippen molar-refractivity contribution in [2.24, 2.45) is 0 Å². The molecule has 0 aliphatic rings. The number of methoxy groups -OCH3 is 4. The molecule has 0 saturated heterocycles. The second-order valence-corrected chi connectivity index (χ2v) is 6.00. The highest BCUT2D eigenvalue weighted by molar-refractivity contribution is 5.95. The first kappa shape index (κ1) is 18.5. The fourth-order valence-corrected chi connectivity index (χ4v) is 3.16. The molecular formula is C21H22O6. The highest BCUT2D eigenvalue weighted by Gasteiger charge is 2.16. The van der Waals surface area contributed by atoms with Crippen LogP contribution in [-0.4, -0.2) is 38.7 Å². The molecule has 2 N–H and O–H groups in total. The first-order valence-corrected chi connectivity index (χ1v) is 8.33. The summed E-state index contributed by atoms with van der Waals surface area (Å²) in [4.78, 5) is 0. The molecule has 0 aliphatic carbocycles. The maximum Gasteiger partial charge on any atom is 0.203 e. The monoisotopic (exact) mass is 370 g/mol. The summed E-state index contributed by atoms with van der Waals surface area (Å²) in [7, 11) is 6.16. The van der Waals surface area contributed by atoms with E-state index < -0.39 is 0 Å². The molecular weight excluding hydrogens is 348 g/mol. The quantitative estimate of drug-likeness (QED) is 0.686. The minimum absolute atomic E-state index is 0.00429. The zero-order valence-corrected chi connectivity index (χ0v) is 15.7. The Morgan fingerprint density at radius 3 is 1.78 bits per heavy atom. The van der Waals surface area contributed by atoms with Gasteiger partial charge in [0.2, 0.25) is 5.75 Å². The van der Waals surface area contributed by atoms with Crippen LogP contribution in [0.25, 0.3) is 10.8 Å². The normalized spacial score (nSPS) is 10.7. The molecule has 0 fully saturated rings. The molecule has 142 valence electrons. The Bertz CT molecular complexity index is 955. The molecule has 0 bridgehead atoms. The fraction of sp³-hybridized carbons (Fsp3) is 0.238. The number of fused-ring (bicyclic) bond motifs is 1. The SMILES string of the molecule is COc1cc(Cc2ccc3c(O)c(OC)ccc3c2O)cc(OC)c1OC. The fourth-order valence-electron chi connectivity index (χ4n) is 3.16. The Morgan fingerprint density at radius 2 is 1.22 bits per heavy atom. The van der Waals surface area contributed by atoms with Crippen LogP contribution in [0.5, 0.6) is 34.5 Å². The lowest BCUT2D eigenvalue weighted by atomic mass is 9.98. The first-order valence-electron chi connectivity index (χ1n) is 8.33. The molecule has 0 spiro atoms. The van der Waals surface area contributed by atoms with E-state index in [0.29, 0.717) is 45.8 Å². The molecule has 3 aromatic rings. The number of phenolic OH excluding ortho intramolecular Hbond substituents is 2. The van der Waals surface area contributed by atoms with Crippen molar-refractivity contribution in [1.82, 2.24) is 0 Å². The van der Waals surface area contributed by atoms with Gasteiger partial charge in [-0.1, -0.05) is 6.07 Å². The largest absolute Gasteiger partial charge is 0.507 e. The molecule has 3 rings (SSSR count). The smallest absolute Gasteiger partial charge is 0.203 e. The highest BCUT2D eigenvalue weighted by atomic mass is 16.5. The predicted octanol–water partition coefficient (Wildman–Crippen LogP) is 3.88. The lowest BCUT2D eigenvalue weighted by Gasteiger charge is -2.15. The lowest BCUT2D eigenvalue weighted by molar-refractivity contribution is 0.324. The standard InChI is InChI=1S/C21H22O6/c1-24-16-8-7-14-15(20(16)23)6-5-13(19(14)22)9-12-10-17(25-2)21(27-4)18(11-12)26-3/h5-8,10-11,22-23H,9H2,1-4H3. The van der Waals surface area contributed by atoms with Crippen LogP contribution in [0.4, 0.5) is 0 Å². The average Bonchev–Trinajstić information content (AvgIpc) is 2.69. The lowest BCUT2D eigenvalue weighted by Crippen LogP contribution is -1.98. The summed E-state index contributed by atoms with van der Waals surface area (Å²) >= 11 is 0. The van der Waals surface area contributed by atoms with Gasteiger partial charge in [-0.25, -0.2) is 0 Å². The molecule has 6 heteroatoms. The molecule has 6 nitrogen and oxygen atoms in total. The van der Waals surface area contributed by atoms with Crippen LogP contribution in [-0.2, 0) is 6.42 Å². The Labute approximate surface area is 157 Å². The zero-order valence-electron chi connectivity index (χ0n) is 15.7. The molecule has 0 saturated carbocycles. The third-order valence-electron chi connectivity index (χ3n) is 4.53. The number of hydrogen-bond acceptors (Lipinski definition) is 6. The van der Waals surface area contributed by atoms with Crippen molar-refractivity contribution in [2.75, 3.05) is 28.4 Å². The van der Waals surface area contributed by atoms with Crippen LogP contribution in [0.15, 0.2) is 36.4 Å². The first-order chi connectivity index (χ1) is 13.0. The van der Waals surface area contributed by atoms with Crippen LogP contribution < -0.4 is 18.9 Å². The Balaban J connectivity index is 2.06. The van der Waals surface area contributed by atoms with Crippen molar-refractivity contribution < 1.29 is 29.2 Å². The van der Waals surface area contributed by atoms with Crippen LogP contribution in [0.1, 0.15) is 11.1 Å². The number of aromatic hydroxyl groups is 2. The van der Waals surface area contributed by atoms with E-state index in [-0.39, 0.29) is 11.5 Å². The molecule has 0 amide bonds. The average molecular weight is 370 g/mol. The Kier molecular flexibility index (Phi) is 5.16. The molecule has 3 aromatic carbocycles. The maximum absolute atomic E-state index is 10.7. The van der Waals surface area contributed by atoms with Gasteiger partial charge >= 0.3 is 0 Å². The van der Waals surface area contributed by atoms with Gasteiger partial charge in [0, 0.05) is 17.2 Å². The minimum Gasteiger partial charge on any atom is -0.507 e. The topological polar surface area (TPSA) is 77.4 Å². The zero-order chi connectivity index (χ0) is 19.6. The van der Waals surface area contributed by atoms with Gasteiger partial charge in [-0.3, -0.25) is 0 Å². The van der Waals surface area contributed by atoms with E-state index in [9.17, 15) is 10.2 Å². The van der Waals surface area contributed by atoms with Crippen molar-refractivity contribution in [3.05, 3.63) is 47.5 Å². The third-order valence-corrected chi connectivity index (χ3v) is 4.53. The van der Waals surface area contributed by atoms with E-state index in [1.165, 1.54) is 7.11 Å². The number of benzene rings is 3. The summed E-state index contributed by atoms with van der Waals surface area (Å²) in [5.74, 6) is 2.09. The Morgan fingerprint density at radius 1 is 0.667 bits per heavy atom.